The summed E-state index contributed by atoms with van der Waals surface area (Å²) in [6.45, 7) is 1.33. The lowest BCUT2D eigenvalue weighted by Crippen LogP contribution is -2.35. The molecule has 0 aliphatic carbocycles. The molecular formula is C12H14O6. The zero-order valence-corrected chi connectivity index (χ0v) is 9.87. The smallest absolute Gasteiger partial charge is 0.349 e. The van der Waals surface area contributed by atoms with Crippen molar-refractivity contribution >= 4 is 11.9 Å². The van der Waals surface area contributed by atoms with E-state index < -0.39 is 18.0 Å². The summed E-state index contributed by atoms with van der Waals surface area (Å²) in [5.74, 6) is -1.85. The highest BCUT2D eigenvalue weighted by Gasteiger charge is 2.28. The van der Waals surface area contributed by atoms with Gasteiger partial charge in [0.1, 0.15) is 5.75 Å². The molecule has 0 fully saturated rings. The van der Waals surface area contributed by atoms with Crippen molar-refractivity contribution in [3.63, 3.8) is 0 Å². The van der Waals surface area contributed by atoms with E-state index in [-0.39, 0.29) is 13.4 Å². The summed E-state index contributed by atoms with van der Waals surface area (Å²) in [5, 5.41) is 8.72. The van der Waals surface area contributed by atoms with Gasteiger partial charge in [0.15, 0.2) is 0 Å². The normalized spacial score (nSPS) is 11.6. The number of carboxylic acid groups (broad SMARTS) is 1. The number of benzene rings is 1. The van der Waals surface area contributed by atoms with Gasteiger partial charge >= 0.3 is 11.9 Å². The van der Waals surface area contributed by atoms with Crippen molar-refractivity contribution in [2.75, 3.05) is 13.4 Å². The number of carboxylic acids is 1. The summed E-state index contributed by atoms with van der Waals surface area (Å²) in [5.41, 5.74) is 0. The molecule has 1 N–H and O–H groups in total. The van der Waals surface area contributed by atoms with Crippen molar-refractivity contribution in [3.05, 3.63) is 30.3 Å². The third-order valence-corrected chi connectivity index (χ3v) is 1.94. The molecule has 0 aliphatic heterocycles. The number of hydrogen-bond acceptors (Lipinski definition) is 5. The van der Waals surface area contributed by atoms with Crippen LogP contribution in [0.1, 0.15) is 6.92 Å². The van der Waals surface area contributed by atoms with E-state index in [1.165, 1.54) is 0 Å². The first-order chi connectivity index (χ1) is 8.65. The van der Waals surface area contributed by atoms with Crippen LogP contribution in [0.2, 0.25) is 0 Å². The summed E-state index contributed by atoms with van der Waals surface area (Å²) in [6.07, 6.45) is -1.62. The highest BCUT2D eigenvalue weighted by Crippen LogP contribution is 2.08. The van der Waals surface area contributed by atoms with Gasteiger partial charge in [-0.15, -0.1) is 0 Å². The van der Waals surface area contributed by atoms with Crippen molar-refractivity contribution < 1.29 is 28.9 Å². The summed E-state index contributed by atoms with van der Waals surface area (Å²) in [6, 6.07) is 8.71. The molecule has 1 aromatic carbocycles. The quantitative estimate of drug-likeness (QED) is 0.445. The maximum atomic E-state index is 11.4. The van der Waals surface area contributed by atoms with Gasteiger partial charge in [0.05, 0.1) is 0 Å². The zero-order valence-electron chi connectivity index (χ0n) is 9.87. The Bertz CT molecular complexity index is 389. The predicted molar refractivity (Wildman–Crippen MR) is 61.1 cm³/mol. The SMILES string of the molecule is CCOC(C(=O)O)C(=O)OCOc1ccccc1. The maximum absolute atomic E-state index is 11.4. The minimum Gasteiger partial charge on any atom is -0.479 e. The van der Waals surface area contributed by atoms with Crippen LogP contribution in [-0.4, -0.2) is 36.5 Å². The van der Waals surface area contributed by atoms with Crippen molar-refractivity contribution in [2.45, 2.75) is 13.0 Å². The lowest BCUT2D eigenvalue weighted by Gasteiger charge is -2.12. The Morgan fingerprint density at radius 1 is 1.28 bits per heavy atom. The van der Waals surface area contributed by atoms with Gasteiger partial charge in [-0.1, -0.05) is 18.2 Å². The Hall–Kier alpha value is -2.08. The number of esters is 1. The Morgan fingerprint density at radius 2 is 1.94 bits per heavy atom. The molecule has 6 nitrogen and oxygen atoms in total. The molecular weight excluding hydrogens is 240 g/mol. The van der Waals surface area contributed by atoms with E-state index in [2.05, 4.69) is 4.74 Å². The fourth-order valence-electron chi connectivity index (χ4n) is 1.15. The van der Waals surface area contributed by atoms with E-state index in [1.807, 2.05) is 6.07 Å². The van der Waals surface area contributed by atoms with Gasteiger partial charge in [-0.3, -0.25) is 0 Å². The first-order valence-electron chi connectivity index (χ1n) is 5.34. The van der Waals surface area contributed by atoms with Gasteiger partial charge in [0.2, 0.25) is 6.79 Å². The van der Waals surface area contributed by atoms with Gasteiger partial charge < -0.3 is 19.3 Å². The van der Waals surface area contributed by atoms with Gasteiger partial charge in [0, 0.05) is 6.61 Å². The number of hydrogen-bond donors (Lipinski definition) is 1. The highest BCUT2D eigenvalue weighted by molar-refractivity contribution is 5.97. The summed E-state index contributed by atoms with van der Waals surface area (Å²) < 4.78 is 14.5. The second-order valence-electron chi connectivity index (χ2n) is 3.21. The molecule has 98 valence electrons. The number of para-hydroxylation sites is 1. The molecule has 0 aliphatic rings. The second kappa shape index (κ2) is 7.29. The summed E-state index contributed by atoms with van der Waals surface area (Å²) in [7, 11) is 0. The lowest BCUT2D eigenvalue weighted by molar-refractivity contribution is -0.173. The molecule has 1 rings (SSSR count). The fourth-order valence-corrected chi connectivity index (χ4v) is 1.15. The third-order valence-electron chi connectivity index (χ3n) is 1.94. The fraction of sp³-hybridized carbons (Fsp3) is 0.333. The number of rotatable bonds is 7. The summed E-state index contributed by atoms with van der Waals surface area (Å²) >= 11 is 0. The Labute approximate surface area is 104 Å². The third kappa shape index (κ3) is 4.42. The van der Waals surface area contributed by atoms with Crippen LogP contribution < -0.4 is 4.74 Å². The first kappa shape index (κ1) is 14.0. The topological polar surface area (TPSA) is 82.1 Å². The summed E-state index contributed by atoms with van der Waals surface area (Å²) in [4.78, 5) is 22.1. The van der Waals surface area contributed by atoms with E-state index in [4.69, 9.17) is 14.6 Å². The molecule has 0 aromatic heterocycles. The molecule has 1 unspecified atom stereocenters. The van der Waals surface area contributed by atoms with Crippen molar-refractivity contribution in [3.8, 4) is 5.75 Å². The van der Waals surface area contributed by atoms with Crippen LogP contribution >= 0.6 is 0 Å². The molecule has 0 saturated carbocycles. The average Bonchev–Trinajstić information content (AvgIpc) is 2.36. The van der Waals surface area contributed by atoms with Crippen LogP contribution in [0.3, 0.4) is 0 Å². The van der Waals surface area contributed by atoms with E-state index in [0.29, 0.717) is 5.75 Å². The van der Waals surface area contributed by atoms with Gasteiger partial charge in [-0.25, -0.2) is 9.59 Å². The van der Waals surface area contributed by atoms with Crippen molar-refractivity contribution in [1.29, 1.82) is 0 Å². The van der Waals surface area contributed by atoms with Crippen LogP contribution in [0.15, 0.2) is 30.3 Å². The van der Waals surface area contributed by atoms with E-state index >= 15 is 0 Å². The molecule has 0 heterocycles. The Kier molecular flexibility index (Phi) is 5.66. The molecule has 6 heteroatoms. The van der Waals surface area contributed by atoms with Crippen LogP contribution in [0.5, 0.6) is 5.75 Å². The molecule has 18 heavy (non-hydrogen) atoms. The highest BCUT2D eigenvalue weighted by atomic mass is 16.7. The van der Waals surface area contributed by atoms with Crippen LogP contribution in [0, 0.1) is 0 Å². The van der Waals surface area contributed by atoms with Gasteiger partial charge in [0.25, 0.3) is 6.10 Å². The van der Waals surface area contributed by atoms with E-state index in [1.54, 1.807) is 31.2 Å². The van der Waals surface area contributed by atoms with Crippen molar-refractivity contribution in [1.82, 2.24) is 0 Å². The predicted octanol–water partition coefficient (Wildman–Crippen LogP) is 1.06. The molecule has 0 spiro atoms. The molecule has 1 atom stereocenters. The first-order valence-corrected chi connectivity index (χ1v) is 5.34. The molecule has 0 amide bonds. The largest absolute Gasteiger partial charge is 0.479 e. The Morgan fingerprint density at radius 3 is 2.50 bits per heavy atom. The second-order valence-corrected chi connectivity index (χ2v) is 3.21. The minimum absolute atomic E-state index is 0.103. The molecule has 1 aromatic rings. The number of carbonyl (C=O) groups excluding carboxylic acids is 1. The van der Waals surface area contributed by atoms with Crippen LogP contribution in [0.4, 0.5) is 0 Å². The van der Waals surface area contributed by atoms with E-state index in [0.717, 1.165) is 0 Å². The number of carbonyl (C=O) groups is 2. The van der Waals surface area contributed by atoms with E-state index in [9.17, 15) is 9.59 Å². The van der Waals surface area contributed by atoms with Crippen LogP contribution in [-0.2, 0) is 19.1 Å². The minimum atomic E-state index is -1.62. The number of aliphatic carboxylic acids is 1. The molecule has 0 bridgehead atoms. The Balaban J connectivity index is 2.38. The monoisotopic (exact) mass is 254 g/mol. The zero-order chi connectivity index (χ0) is 13.4. The standard InChI is InChI=1S/C12H14O6/c1-2-16-10(11(13)14)12(15)18-8-17-9-6-4-3-5-7-9/h3-7,10H,2,8H2,1H3,(H,13,14). The van der Waals surface area contributed by atoms with Gasteiger partial charge in [-0.2, -0.15) is 0 Å². The maximum Gasteiger partial charge on any atom is 0.349 e. The number of ether oxygens (including phenoxy) is 3. The molecule has 0 saturated heterocycles. The molecule has 0 radical (unpaired) electrons. The van der Waals surface area contributed by atoms with Gasteiger partial charge in [-0.05, 0) is 19.1 Å². The lowest BCUT2D eigenvalue weighted by atomic mass is 10.3. The van der Waals surface area contributed by atoms with Crippen LogP contribution in [0.25, 0.3) is 0 Å². The van der Waals surface area contributed by atoms with Crippen molar-refractivity contribution in [2.24, 2.45) is 0 Å². The average molecular weight is 254 g/mol.